The number of methoxy groups -OCH3 is 1. The lowest BCUT2D eigenvalue weighted by molar-refractivity contribution is 0.415. The third-order valence-electron chi connectivity index (χ3n) is 3.33. The van der Waals surface area contributed by atoms with Crippen LogP contribution in [-0.2, 0) is 13.1 Å². The summed E-state index contributed by atoms with van der Waals surface area (Å²) in [5.41, 5.74) is 4.05. The molecule has 0 spiro atoms. The zero-order valence-corrected chi connectivity index (χ0v) is 11.8. The summed E-state index contributed by atoms with van der Waals surface area (Å²) < 4.78 is 6.34. The second-order valence-electron chi connectivity index (χ2n) is 4.47. The monoisotopic (exact) mass is 303 g/mol. The Labute approximate surface area is 115 Å². The highest BCUT2D eigenvalue weighted by Crippen LogP contribution is 2.30. The third-order valence-corrected chi connectivity index (χ3v) is 3.82. The van der Waals surface area contributed by atoms with Gasteiger partial charge in [0.05, 0.1) is 7.11 Å². The quantitative estimate of drug-likeness (QED) is 0.832. The number of nitrogens with zero attached hydrogens (tertiary/aromatic N) is 1. The van der Waals surface area contributed by atoms with E-state index in [4.69, 9.17) is 4.74 Å². The summed E-state index contributed by atoms with van der Waals surface area (Å²) in [6.07, 6.45) is 0. The Morgan fingerprint density at radius 3 is 2.44 bits per heavy atom. The molecule has 0 saturated carbocycles. The molecule has 92 valence electrons. The van der Waals surface area contributed by atoms with Gasteiger partial charge >= 0.3 is 0 Å². The van der Waals surface area contributed by atoms with Crippen molar-refractivity contribution in [2.75, 3.05) is 12.0 Å². The molecule has 0 aromatic heterocycles. The summed E-state index contributed by atoms with van der Waals surface area (Å²) in [4.78, 5) is 2.37. The zero-order valence-electron chi connectivity index (χ0n) is 10.2. The van der Waals surface area contributed by atoms with Crippen molar-refractivity contribution in [1.29, 1.82) is 0 Å². The number of fused-ring (bicyclic) bond motifs is 1. The molecule has 2 aromatic carbocycles. The number of halogens is 1. The molecule has 3 rings (SSSR count). The van der Waals surface area contributed by atoms with E-state index in [0.717, 1.165) is 23.3 Å². The molecule has 0 atom stereocenters. The lowest BCUT2D eigenvalue weighted by Crippen LogP contribution is -2.14. The Kier molecular flexibility index (Phi) is 3.00. The maximum Gasteiger partial charge on any atom is 0.119 e. The molecule has 0 amide bonds. The summed E-state index contributed by atoms with van der Waals surface area (Å²) in [5.74, 6) is 0.901. The first-order valence-corrected chi connectivity index (χ1v) is 6.72. The van der Waals surface area contributed by atoms with Crippen LogP contribution in [0.25, 0.3) is 0 Å². The van der Waals surface area contributed by atoms with Crippen molar-refractivity contribution in [3.63, 3.8) is 0 Å². The fourth-order valence-electron chi connectivity index (χ4n) is 2.34. The van der Waals surface area contributed by atoms with Crippen LogP contribution in [0.15, 0.2) is 46.9 Å². The average molecular weight is 304 g/mol. The predicted molar refractivity (Wildman–Crippen MR) is 77.0 cm³/mol. The molecule has 0 saturated heterocycles. The van der Waals surface area contributed by atoms with Gasteiger partial charge < -0.3 is 9.64 Å². The largest absolute Gasteiger partial charge is 0.497 e. The molecule has 1 aliphatic heterocycles. The van der Waals surface area contributed by atoms with Gasteiger partial charge in [-0.25, -0.2) is 0 Å². The van der Waals surface area contributed by atoms with Crippen molar-refractivity contribution in [3.05, 3.63) is 58.1 Å². The van der Waals surface area contributed by atoms with Crippen LogP contribution in [0, 0.1) is 0 Å². The molecule has 0 N–H and O–H groups in total. The Hall–Kier alpha value is -1.48. The van der Waals surface area contributed by atoms with Crippen molar-refractivity contribution < 1.29 is 4.74 Å². The molecule has 0 aliphatic carbocycles. The third kappa shape index (κ3) is 2.10. The second-order valence-corrected chi connectivity index (χ2v) is 5.38. The highest BCUT2D eigenvalue weighted by Gasteiger charge is 2.19. The summed E-state index contributed by atoms with van der Waals surface area (Å²) in [5, 5.41) is 0. The van der Waals surface area contributed by atoms with Gasteiger partial charge in [0.2, 0.25) is 0 Å². The van der Waals surface area contributed by atoms with Gasteiger partial charge in [0.1, 0.15) is 5.75 Å². The van der Waals surface area contributed by atoms with Gasteiger partial charge in [0.25, 0.3) is 0 Å². The fourth-order valence-corrected chi connectivity index (χ4v) is 2.75. The van der Waals surface area contributed by atoms with Gasteiger partial charge in [0.15, 0.2) is 0 Å². The van der Waals surface area contributed by atoms with Gasteiger partial charge in [-0.15, -0.1) is 0 Å². The van der Waals surface area contributed by atoms with Crippen molar-refractivity contribution in [2.45, 2.75) is 13.1 Å². The summed E-state index contributed by atoms with van der Waals surface area (Å²) >= 11 is 3.52. The highest BCUT2D eigenvalue weighted by molar-refractivity contribution is 9.10. The van der Waals surface area contributed by atoms with Crippen LogP contribution in [0.3, 0.4) is 0 Å². The molecule has 18 heavy (non-hydrogen) atoms. The van der Waals surface area contributed by atoms with Crippen LogP contribution in [-0.4, -0.2) is 7.11 Å². The van der Waals surface area contributed by atoms with E-state index in [9.17, 15) is 0 Å². The first-order valence-electron chi connectivity index (χ1n) is 5.92. The predicted octanol–water partition coefficient (Wildman–Crippen LogP) is 3.98. The van der Waals surface area contributed by atoms with Gasteiger partial charge in [-0.05, 0) is 47.5 Å². The van der Waals surface area contributed by atoms with E-state index in [1.165, 1.54) is 16.8 Å². The number of hydrogen-bond donors (Lipinski definition) is 0. The number of anilines is 1. The van der Waals surface area contributed by atoms with E-state index < -0.39 is 0 Å². The molecule has 0 bridgehead atoms. The zero-order chi connectivity index (χ0) is 12.5. The van der Waals surface area contributed by atoms with Crippen molar-refractivity contribution >= 4 is 21.6 Å². The molecule has 2 aromatic rings. The van der Waals surface area contributed by atoms with E-state index in [-0.39, 0.29) is 0 Å². The van der Waals surface area contributed by atoms with Crippen molar-refractivity contribution in [3.8, 4) is 5.75 Å². The first kappa shape index (κ1) is 11.6. The number of hydrogen-bond acceptors (Lipinski definition) is 2. The molecule has 0 unspecified atom stereocenters. The lowest BCUT2D eigenvalue weighted by Gasteiger charge is -2.17. The van der Waals surface area contributed by atoms with Crippen LogP contribution >= 0.6 is 15.9 Å². The average Bonchev–Trinajstić information content (AvgIpc) is 2.81. The summed E-state index contributed by atoms with van der Waals surface area (Å²) in [7, 11) is 1.69. The van der Waals surface area contributed by atoms with Gasteiger partial charge in [-0.3, -0.25) is 0 Å². The van der Waals surface area contributed by atoms with Crippen molar-refractivity contribution in [1.82, 2.24) is 0 Å². The molecular weight excluding hydrogens is 290 g/mol. The normalized spacial score (nSPS) is 13.6. The smallest absolute Gasteiger partial charge is 0.119 e. The Morgan fingerprint density at radius 2 is 1.72 bits per heavy atom. The van der Waals surface area contributed by atoms with E-state index in [1.807, 2.05) is 12.1 Å². The van der Waals surface area contributed by atoms with E-state index in [1.54, 1.807) is 7.11 Å². The number of benzene rings is 2. The SMILES string of the molecule is COc1ccc(N2Cc3ccc(Br)cc3C2)cc1. The van der Waals surface area contributed by atoms with Crippen LogP contribution in [0.4, 0.5) is 5.69 Å². The van der Waals surface area contributed by atoms with Crippen LogP contribution in [0.1, 0.15) is 11.1 Å². The summed E-state index contributed by atoms with van der Waals surface area (Å²) in [6.45, 7) is 1.95. The van der Waals surface area contributed by atoms with Gasteiger partial charge in [-0.1, -0.05) is 22.0 Å². The van der Waals surface area contributed by atoms with Crippen LogP contribution in [0.5, 0.6) is 5.75 Å². The molecule has 3 heteroatoms. The maximum absolute atomic E-state index is 5.18. The Bertz CT molecular complexity index is 565. The molecule has 2 nitrogen and oxygen atoms in total. The second kappa shape index (κ2) is 4.65. The minimum absolute atomic E-state index is 0.901. The highest BCUT2D eigenvalue weighted by atomic mass is 79.9. The lowest BCUT2D eigenvalue weighted by atomic mass is 10.1. The van der Waals surface area contributed by atoms with Crippen LogP contribution < -0.4 is 9.64 Å². The van der Waals surface area contributed by atoms with Gasteiger partial charge in [-0.2, -0.15) is 0 Å². The number of rotatable bonds is 2. The van der Waals surface area contributed by atoms with E-state index in [0.29, 0.717) is 0 Å². The van der Waals surface area contributed by atoms with E-state index in [2.05, 4.69) is 51.2 Å². The standard InChI is InChI=1S/C15H14BrNO/c1-18-15-6-4-14(5-7-15)17-9-11-2-3-13(16)8-12(11)10-17/h2-8H,9-10H2,1H3. The van der Waals surface area contributed by atoms with Crippen LogP contribution in [0.2, 0.25) is 0 Å². The van der Waals surface area contributed by atoms with E-state index >= 15 is 0 Å². The molecular formula is C15H14BrNO. The summed E-state index contributed by atoms with van der Waals surface area (Å²) in [6, 6.07) is 14.8. The topological polar surface area (TPSA) is 12.5 Å². The Balaban J connectivity index is 1.84. The minimum atomic E-state index is 0.901. The minimum Gasteiger partial charge on any atom is -0.497 e. The van der Waals surface area contributed by atoms with Crippen molar-refractivity contribution in [2.24, 2.45) is 0 Å². The number of ether oxygens (including phenoxy) is 1. The molecule has 0 radical (unpaired) electrons. The maximum atomic E-state index is 5.18. The first-order chi connectivity index (χ1) is 8.76. The molecule has 1 heterocycles. The molecule has 1 aliphatic rings. The fraction of sp³-hybridized carbons (Fsp3) is 0.200. The molecule has 0 fully saturated rings. The Morgan fingerprint density at radius 1 is 1.00 bits per heavy atom. The van der Waals surface area contributed by atoms with Gasteiger partial charge in [0, 0.05) is 23.2 Å².